The van der Waals surface area contributed by atoms with E-state index in [9.17, 15) is 0 Å². The van der Waals surface area contributed by atoms with Crippen LogP contribution in [0.5, 0.6) is 0 Å². The van der Waals surface area contributed by atoms with Crippen LogP contribution in [0.25, 0.3) is 0 Å². The second-order valence-electron chi connectivity index (χ2n) is 6.51. The third-order valence-electron chi connectivity index (χ3n) is 4.53. The molecule has 1 aromatic carbocycles. The molecule has 1 unspecified atom stereocenters. The number of rotatable bonds is 6. The fourth-order valence-electron chi connectivity index (χ4n) is 2.91. The molecule has 0 spiro atoms. The first-order valence-corrected chi connectivity index (χ1v) is 8.00. The third kappa shape index (κ3) is 3.45. The largest absolute Gasteiger partial charge is 0.313 e. The van der Waals surface area contributed by atoms with Gasteiger partial charge in [0.05, 0.1) is 10.0 Å². The van der Waals surface area contributed by atoms with Gasteiger partial charge in [0.25, 0.3) is 0 Å². The molecule has 2 fully saturated rings. The van der Waals surface area contributed by atoms with Crippen molar-refractivity contribution in [3.8, 4) is 0 Å². The molecule has 2 aliphatic rings. The second-order valence-corrected chi connectivity index (χ2v) is 7.32. The summed E-state index contributed by atoms with van der Waals surface area (Å²) in [5.74, 6) is 0.869. The van der Waals surface area contributed by atoms with Crippen LogP contribution < -0.4 is 5.32 Å². The second kappa shape index (κ2) is 5.27. The summed E-state index contributed by atoms with van der Waals surface area (Å²) < 4.78 is 0. The van der Waals surface area contributed by atoms with Gasteiger partial charge in [-0.25, -0.2) is 0 Å². The highest BCUT2D eigenvalue weighted by Gasteiger charge is 2.42. The molecule has 1 aromatic rings. The number of benzene rings is 1. The summed E-state index contributed by atoms with van der Waals surface area (Å²) >= 11 is 12.1. The first-order valence-electron chi connectivity index (χ1n) is 7.24. The highest BCUT2D eigenvalue weighted by atomic mass is 35.5. The molecule has 0 radical (unpaired) electrons. The van der Waals surface area contributed by atoms with E-state index in [0.29, 0.717) is 15.5 Å². The molecule has 104 valence electrons. The van der Waals surface area contributed by atoms with Gasteiger partial charge in [-0.15, -0.1) is 0 Å². The van der Waals surface area contributed by atoms with Crippen molar-refractivity contribution in [2.24, 2.45) is 11.3 Å². The van der Waals surface area contributed by atoms with E-state index in [1.54, 1.807) is 0 Å². The standard InChI is InChI=1S/C16H21Cl2N/c1-16(12-3-4-12,10-19-13-5-6-13)9-11-2-7-14(17)15(18)8-11/h2,7-8,12-13,19H,3-6,9-10H2,1H3. The SMILES string of the molecule is CC(CNC1CC1)(Cc1ccc(Cl)c(Cl)c1)C1CC1. The van der Waals surface area contributed by atoms with Gasteiger partial charge in [0.2, 0.25) is 0 Å². The van der Waals surface area contributed by atoms with E-state index in [2.05, 4.69) is 18.3 Å². The van der Waals surface area contributed by atoms with Crippen molar-refractivity contribution < 1.29 is 0 Å². The minimum absolute atomic E-state index is 0.361. The molecule has 3 heteroatoms. The van der Waals surface area contributed by atoms with Gasteiger partial charge in [-0.05, 0) is 61.1 Å². The zero-order valence-corrected chi connectivity index (χ0v) is 12.9. The Morgan fingerprint density at radius 1 is 1.16 bits per heavy atom. The summed E-state index contributed by atoms with van der Waals surface area (Å²) in [6.45, 7) is 3.55. The Hall–Kier alpha value is -0.240. The molecule has 0 aromatic heterocycles. The molecule has 0 saturated heterocycles. The van der Waals surface area contributed by atoms with Crippen molar-refractivity contribution >= 4 is 23.2 Å². The van der Waals surface area contributed by atoms with E-state index in [4.69, 9.17) is 23.2 Å². The number of hydrogen-bond donors (Lipinski definition) is 1. The Labute approximate surface area is 125 Å². The monoisotopic (exact) mass is 297 g/mol. The van der Waals surface area contributed by atoms with E-state index >= 15 is 0 Å². The zero-order valence-electron chi connectivity index (χ0n) is 11.4. The number of nitrogens with one attached hydrogen (secondary N) is 1. The summed E-state index contributed by atoms with van der Waals surface area (Å²) in [6.07, 6.45) is 6.56. The molecule has 2 saturated carbocycles. The molecule has 0 bridgehead atoms. The van der Waals surface area contributed by atoms with Crippen LogP contribution >= 0.6 is 23.2 Å². The Morgan fingerprint density at radius 3 is 2.47 bits per heavy atom. The normalized spacial score (nSPS) is 22.3. The number of hydrogen-bond acceptors (Lipinski definition) is 1. The Morgan fingerprint density at radius 2 is 1.89 bits per heavy atom. The lowest BCUT2D eigenvalue weighted by atomic mass is 9.79. The van der Waals surface area contributed by atoms with Crippen molar-refractivity contribution in [3.63, 3.8) is 0 Å². The van der Waals surface area contributed by atoms with Crippen LogP contribution in [-0.4, -0.2) is 12.6 Å². The minimum Gasteiger partial charge on any atom is -0.313 e. The first kappa shape index (κ1) is 13.7. The van der Waals surface area contributed by atoms with E-state index in [1.807, 2.05) is 12.1 Å². The van der Waals surface area contributed by atoms with Crippen LogP contribution in [0.15, 0.2) is 18.2 Å². The van der Waals surface area contributed by atoms with Crippen LogP contribution in [0, 0.1) is 11.3 Å². The van der Waals surface area contributed by atoms with Crippen molar-refractivity contribution in [2.45, 2.75) is 45.1 Å². The predicted molar refractivity (Wildman–Crippen MR) is 82.0 cm³/mol. The van der Waals surface area contributed by atoms with E-state index in [0.717, 1.165) is 24.9 Å². The molecule has 19 heavy (non-hydrogen) atoms. The predicted octanol–water partition coefficient (Wildman–Crippen LogP) is 4.70. The average molecular weight is 298 g/mol. The molecule has 1 N–H and O–H groups in total. The summed E-state index contributed by atoms with van der Waals surface area (Å²) in [5, 5.41) is 5.03. The quantitative estimate of drug-likeness (QED) is 0.802. The minimum atomic E-state index is 0.361. The van der Waals surface area contributed by atoms with Gasteiger partial charge in [-0.2, -0.15) is 0 Å². The maximum Gasteiger partial charge on any atom is 0.0595 e. The van der Waals surface area contributed by atoms with Gasteiger partial charge in [-0.1, -0.05) is 36.2 Å². The molecule has 0 amide bonds. The lowest BCUT2D eigenvalue weighted by molar-refractivity contribution is 0.255. The van der Waals surface area contributed by atoms with Gasteiger partial charge in [0.15, 0.2) is 0 Å². The van der Waals surface area contributed by atoms with Gasteiger partial charge < -0.3 is 5.32 Å². The highest BCUT2D eigenvalue weighted by Crippen LogP contribution is 2.47. The fraction of sp³-hybridized carbons (Fsp3) is 0.625. The lowest BCUT2D eigenvalue weighted by Gasteiger charge is -2.30. The molecule has 1 nitrogen and oxygen atoms in total. The summed E-state index contributed by atoms with van der Waals surface area (Å²) in [7, 11) is 0. The molecule has 3 rings (SSSR count). The van der Waals surface area contributed by atoms with Crippen molar-refractivity contribution in [3.05, 3.63) is 33.8 Å². The van der Waals surface area contributed by atoms with E-state index in [-0.39, 0.29) is 0 Å². The van der Waals surface area contributed by atoms with Crippen molar-refractivity contribution in [1.29, 1.82) is 0 Å². The maximum atomic E-state index is 6.13. The molecule has 1 atom stereocenters. The Kier molecular flexibility index (Phi) is 3.81. The van der Waals surface area contributed by atoms with Crippen LogP contribution in [0.4, 0.5) is 0 Å². The van der Waals surface area contributed by atoms with Gasteiger partial charge in [0, 0.05) is 12.6 Å². The number of halogens is 2. The van der Waals surface area contributed by atoms with Crippen LogP contribution in [0.1, 0.15) is 38.2 Å². The topological polar surface area (TPSA) is 12.0 Å². The smallest absolute Gasteiger partial charge is 0.0595 e. The van der Waals surface area contributed by atoms with Crippen molar-refractivity contribution in [1.82, 2.24) is 5.32 Å². The van der Waals surface area contributed by atoms with Crippen LogP contribution in [0.3, 0.4) is 0 Å². The fourth-order valence-corrected chi connectivity index (χ4v) is 3.23. The molecular formula is C16H21Cl2N. The summed E-state index contributed by atoms with van der Waals surface area (Å²) in [4.78, 5) is 0. The Bertz CT molecular complexity index is 466. The Balaban J connectivity index is 1.70. The molecule has 2 aliphatic carbocycles. The maximum absolute atomic E-state index is 6.13. The highest BCUT2D eigenvalue weighted by molar-refractivity contribution is 6.42. The van der Waals surface area contributed by atoms with Crippen molar-refractivity contribution in [2.75, 3.05) is 6.54 Å². The summed E-state index contributed by atoms with van der Waals surface area (Å²) in [5.41, 5.74) is 1.67. The van der Waals surface area contributed by atoms with Gasteiger partial charge in [-0.3, -0.25) is 0 Å². The van der Waals surface area contributed by atoms with Gasteiger partial charge >= 0.3 is 0 Å². The molecular weight excluding hydrogens is 277 g/mol. The van der Waals surface area contributed by atoms with E-state index < -0.39 is 0 Å². The summed E-state index contributed by atoms with van der Waals surface area (Å²) in [6, 6.07) is 6.85. The average Bonchev–Trinajstić information content (AvgIpc) is 3.25. The zero-order chi connectivity index (χ0) is 13.5. The van der Waals surface area contributed by atoms with Crippen LogP contribution in [0.2, 0.25) is 10.0 Å². The molecule has 0 aliphatic heterocycles. The molecule has 0 heterocycles. The first-order chi connectivity index (χ1) is 9.07. The third-order valence-corrected chi connectivity index (χ3v) is 5.27. The van der Waals surface area contributed by atoms with E-state index in [1.165, 1.54) is 31.2 Å². The lowest BCUT2D eigenvalue weighted by Crippen LogP contribution is -2.36. The van der Waals surface area contributed by atoms with Gasteiger partial charge in [0.1, 0.15) is 0 Å². The van der Waals surface area contributed by atoms with Crippen LogP contribution in [-0.2, 0) is 6.42 Å².